The van der Waals surface area contributed by atoms with Gasteiger partial charge in [0.05, 0.1) is 5.92 Å². The number of nitrogens with one attached hydrogen (secondary N) is 1. The van der Waals surface area contributed by atoms with Crippen LogP contribution in [0.4, 0.5) is 0 Å². The van der Waals surface area contributed by atoms with E-state index >= 15 is 0 Å². The number of hydrogen-bond donors (Lipinski definition) is 2. The molecule has 17 heavy (non-hydrogen) atoms. The van der Waals surface area contributed by atoms with Gasteiger partial charge in [-0.2, -0.15) is 0 Å². The maximum Gasteiger partial charge on any atom is 0.306 e. The minimum Gasteiger partial charge on any atom is -0.481 e. The Hall–Kier alpha value is -1.91. The molecule has 1 aromatic rings. The summed E-state index contributed by atoms with van der Waals surface area (Å²) in [6, 6.07) is 3.56. The Kier molecular flexibility index (Phi) is 3.08. The molecule has 90 valence electrons. The summed E-state index contributed by atoms with van der Waals surface area (Å²) in [5.74, 6) is -1.33. The van der Waals surface area contributed by atoms with Crippen LogP contribution in [0.25, 0.3) is 0 Å². The summed E-state index contributed by atoms with van der Waals surface area (Å²) in [7, 11) is 0. The Morgan fingerprint density at radius 1 is 1.47 bits per heavy atom. The van der Waals surface area contributed by atoms with Crippen molar-refractivity contribution in [1.29, 1.82) is 0 Å². The lowest BCUT2D eigenvalue weighted by atomic mass is 9.80. The Bertz CT molecular complexity index is 453. The van der Waals surface area contributed by atoms with E-state index in [1.807, 2.05) is 13.0 Å². The first kappa shape index (κ1) is 11.6. The molecule has 0 unspecified atom stereocenters. The summed E-state index contributed by atoms with van der Waals surface area (Å²) in [6.07, 6.45) is 2.59. The van der Waals surface area contributed by atoms with E-state index in [1.54, 1.807) is 12.3 Å². The van der Waals surface area contributed by atoms with Crippen LogP contribution in [0.5, 0.6) is 0 Å². The summed E-state index contributed by atoms with van der Waals surface area (Å²) >= 11 is 0. The number of nitrogens with zero attached hydrogens (tertiary/aromatic N) is 1. The molecule has 0 spiro atoms. The van der Waals surface area contributed by atoms with E-state index in [9.17, 15) is 9.59 Å². The van der Waals surface area contributed by atoms with Crippen LogP contribution in [0.15, 0.2) is 18.3 Å². The van der Waals surface area contributed by atoms with Gasteiger partial charge in [0.1, 0.15) is 5.69 Å². The summed E-state index contributed by atoms with van der Waals surface area (Å²) in [6.45, 7) is 1.82. The fourth-order valence-corrected chi connectivity index (χ4v) is 1.91. The van der Waals surface area contributed by atoms with E-state index < -0.39 is 5.97 Å². The summed E-state index contributed by atoms with van der Waals surface area (Å²) in [4.78, 5) is 26.5. The zero-order chi connectivity index (χ0) is 12.4. The van der Waals surface area contributed by atoms with Crippen molar-refractivity contribution in [3.05, 3.63) is 29.6 Å². The highest BCUT2D eigenvalue weighted by molar-refractivity contribution is 5.94. The molecule has 0 aromatic carbocycles. The second-order valence-corrected chi connectivity index (χ2v) is 4.35. The van der Waals surface area contributed by atoms with Crippen molar-refractivity contribution in [1.82, 2.24) is 10.3 Å². The highest BCUT2D eigenvalue weighted by Crippen LogP contribution is 2.27. The van der Waals surface area contributed by atoms with Gasteiger partial charge >= 0.3 is 5.97 Å². The molecule has 0 aliphatic heterocycles. The van der Waals surface area contributed by atoms with Crippen molar-refractivity contribution in [3.63, 3.8) is 0 Å². The number of aryl methyl sites for hydroxylation is 1. The van der Waals surface area contributed by atoms with Crippen LogP contribution in [0.3, 0.4) is 0 Å². The molecule has 2 rings (SSSR count). The van der Waals surface area contributed by atoms with Crippen LogP contribution < -0.4 is 5.32 Å². The first-order chi connectivity index (χ1) is 8.08. The van der Waals surface area contributed by atoms with Crippen molar-refractivity contribution < 1.29 is 14.7 Å². The highest BCUT2D eigenvalue weighted by Gasteiger charge is 2.35. The van der Waals surface area contributed by atoms with Crippen molar-refractivity contribution in [3.8, 4) is 0 Å². The average Bonchev–Trinajstić information content (AvgIpc) is 2.22. The van der Waals surface area contributed by atoms with Gasteiger partial charge in [0.25, 0.3) is 5.91 Å². The van der Waals surface area contributed by atoms with Gasteiger partial charge in [-0.3, -0.25) is 14.6 Å². The lowest BCUT2D eigenvalue weighted by Crippen LogP contribution is -2.47. The predicted molar refractivity (Wildman–Crippen MR) is 60.6 cm³/mol. The number of aromatic nitrogens is 1. The molecular weight excluding hydrogens is 220 g/mol. The topological polar surface area (TPSA) is 79.3 Å². The molecule has 0 atom stereocenters. The van der Waals surface area contributed by atoms with E-state index in [0.717, 1.165) is 5.56 Å². The maximum absolute atomic E-state index is 11.8. The molecule has 1 heterocycles. The van der Waals surface area contributed by atoms with Gasteiger partial charge in [-0.05, 0) is 31.4 Å². The minimum atomic E-state index is -0.787. The van der Waals surface area contributed by atoms with Crippen LogP contribution in [-0.4, -0.2) is 28.0 Å². The van der Waals surface area contributed by atoms with Gasteiger partial charge < -0.3 is 10.4 Å². The lowest BCUT2D eigenvalue weighted by Gasteiger charge is -2.32. The van der Waals surface area contributed by atoms with Crippen molar-refractivity contribution in [2.45, 2.75) is 25.8 Å². The monoisotopic (exact) mass is 234 g/mol. The smallest absolute Gasteiger partial charge is 0.306 e. The molecule has 1 fully saturated rings. The second kappa shape index (κ2) is 4.53. The van der Waals surface area contributed by atoms with E-state index in [1.165, 1.54) is 0 Å². The summed E-state index contributed by atoms with van der Waals surface area (Å²) in [5, 5.41) is 11.5. The standard InChI is InChI=1S/C12H14N2O3/c1-7-3-2-4-13-10(7)11(15)14-9-5-8(6-9)12(16)17/h2-4,8-9H,5-6H2,1H3,(H,14,15)(H,16,17). The van der Waals surface area contributed by atoms with E-state index in [-0.39, 0.29) is 17.9 Å². The van der Waals surface area contributed by atoms with E-state index in [0.29, 0.717) is 18.5 Å². The maximum atomic E-state index is 11.8. The molecule has 0 saturated heterocycles. The Labute approximate surface area is 98.9 Å². The Balaban J connectivity index is 1.92. The van der Waals surface area contributed by atoms with Crippen LogP contribution in [0.2, 0.25) is 0 Å². The number of rotatable bonds is 3. The second-order valence-electron chi connectivity index (χ2n) is 4.35. The van der Waals surface area contributed by atoms with Gasteiger partial charge in [-0.1, -0.05) is 6.07 Å². The largest absolute Gasteiger partial charge is 0.481 e. The van der Waals surface area contributed by atoms with Crippen LogP contribution in [0, 0.1) is 12.8 Å². The third-order valence-electron chi connectivity index (χ3n) is 3.05. The molecule has 0 bridgehead atoms. The molecule has 1 aromatic heterocycles. The lowest BCUT2D eigenvalue weighted by molar-refractivity contribution is -0.145. The molecule has 5 heteroatoms. The number of carboxylic acids is 1. The molecule has 1 amide bonds. The zero-order valence-electron chi connectivity index (χ0n) is 9.51. The van der Waals surface area contributed by atoms with Crippen molar-refractivity contribution in [2.75, 3.05) is 0 Å². The quantitative estimate of drug-likeness (QED) is 0.817. The first-order valence-corrected chi connectivity index (χ1v) is 5.53. The van der Waals surface area contributed by atoms with Crippen LogP contribution in [-0.2, 0) is 4.79 Å². The normalized spacial score (nSPS) is 22.6. The average molecular weight is 234 g/mol. The minimum absolute atomic E-state index is 0.0370. The molecule has 1 aliphatic carbocycles. The fraction of sp³-hybridized carbons (Fsp3) is 0.417. The third kappa shape index (κ3) is 2.43. The molecule has 0 radical (unpaired) electrons. The Morgan fingerprint density at radius 2 is 2.18 bits per heavy atom. The first-order valence-electron chi connectivity index (χ1n) is 5.53. The Morgan fingerprint density at radius 3 is 2.76 bits per heavy atom. The molecule has 1 saturated carbocycles. The number of carbonyl (C=O) groups is 2. The number of carbonyl (C=O) groups excluding carboxylic acids is 1. The van der Waals surface area contributed by atoms with Crippen LogP contribution >= 0.6 is 0 Å². The van der Waals surface area contributed by atoms with Crippen LogP contribution in [0.1, 0.15) is 28.9 Å². The van der Waals surface area contributed by atoms with Gasteiger partial charge in [-0.15, -0.1) is 0 Å². The number of pyridine rings is 1. The van der Waals surface area contributed by atoms with Gasteiger partial charge in [0.2, 0.25) is 0 Å². The predicted octanol–water partition coefficient (Wildman–Crippen LogP) is 0.983. The summed E-state index contributed by atoms with van der Waals surface area (Å²) < 4.78 is 0. The zero-order valence-corrected chi connectivity index (χ0v) is 9.51. The number of aliphatic carboxylic acids is 1. The van der Waals surface area contributed by atoms with Gasteiger partial charge in [0, 0.05) is 12.2 Å². The SMILES string of the molecule is Cc1cccnc1C(=O)NC1CC(C(=O)O)C1. The summed E-state index contributed by atoms with van der Waals surface area (Å²) in [5.41, 5.74) is 1.23. The molecule has 2 N–H and O–H groups in total. The van der Waals surface area contributed by atoms with E-state index in [2.05, 4.69) is 10.3 Å². The molecule has 5 nitrogen and oxygen atoms in total. The number of hydrogen-bond acceptors (Lipinski definition) is 3. The van der Waals surface area contributed by atoms with Gasteiger partial charge in [-0.25, -0.2) is 0 Å². The molecular formula is C12H14N2O3. The number of amides is 1. The number of carboxylic acid groups (broad SMARTS) is 1. The van der Waals surface area contributed by atoms with E-state index in [4.69, 9.17) is 5.11 Å². The van der Waals surface area contributed by atoms with Crippen molar-refractivity contribution >= 4 is 11.9 Å². The highest BCUT2D eigenvalue weighted by atomic mass is 16.4. The third-order valence-corrected chi connectivity index (χ3v) is 3.05. The van der Waals surface area contributed by atoms with Crippen molar-refractivity contribution in [2.24, 2.45) is 5.92 Å². The fourth-order valence-electron chi connectivity index (χ4n) is 1.91. The molecule has 1 aliphatic rings. The van der Waals surface area contributed by atoms with Gasteiger partial charge in [0.15, 0.2) is 0 Å².